The van der Waals surface area contributed by atoms with Crippen LogP contribution in [0.25, 0.3) is 10.9 Å². The van der Waals surface area contributed by atoms with E-state index >= 15 is 0 Å². The van der Waals surface area contributed by atoms with Crippen molar-refractivity contribution in [2.24, 2.45) is 0 Å². The van der Waals surface area contributed by atoms with Crippen LogP contribution in [-0.4, -0.2) is 4.98 Å². The molecule has 0 radical (unpaired) electrons. The maximum Gasteiger partial charge on any atom is 0.0934 e. The van der Waals surface area contributed by atoms with Crippen LogP contribution >= 0.6 is 39.1 Å². The van der Waals surface area contributed by atoms with Crippen LogP contribution in [0.5, 0.6) is 0 Å². The molecule has 0 bridgehead atoms. The van der Waals surface area contributed by atoms with Gasteiger partial charge in [0.15, 0.2) is 0 Å². The molecule has 2 nitrogen and oxygen atoms in total. The number of pyridine rings is 1. The molecule has 0 aliphatic carbocycles. The first-order valence-corrected chi connectivity index (χ1v) is 7.90. The van der Waals surface area contributed by atoms with Crippen LogP contribution in [0.2, 0.25) is 10.0 Å². The molecule has 0 saturated carbocycles. The summed E-state index contributed by atoms with van der Waals surface area (Å²) in [6.07, 6.45) is 1.78. The number of rotatable bonds is 3. The van der Waals surface area contributed by atoms with Crippen molar-refractivity contribution in [3.8, 4) is 0 Å². The van der Waals surface area contributed by atoms with Crippen molar-refractivity contribution in [2.45, 2.75) is 6.54 Å². The van der Waals surface area contributed by atoms with Gasteiger partial charge in [-0.1, -0.05) is 35.3 Å². The lowest BCUT2D eigenvalue weighted by molar-refractivity contribution is 1.15. The summed E-state index contributed by atoms with van der Waals surface area (Å²) in [5.41, 5.74) is 2.95. The molecule has 0 amide bonds. The van der Waals surface area contributed by atoms with E-state index in [0.717, 1.165) is 26.6 Å². The summed E-state index contributed by atoms with van der Waals surface area (Å²) in [5, 5.41) is 5.79. The summed E-state index contributed by atoms with van der Waals surface area (Å²) in [5.74, 6) is 0. The lowest BCUT2D eigenvalue weighted by Crippen LogP contribution is -2.00. The summed E-state index contributed by atoms with van der Waals surface area (Å²) in [6, 6.07) is 13.6. The van der Waals surface area contributed by atoms with E-state index in [9.17, 15) is 0 Å². The predicted molar refractivity (Wildman–Crippen MR) is 93.2 cm³/mol. The third-order valence-electron chi connectivity index (χ3n) is 3.14. The van der Waals surface area contributed by atoms with Gasteiger partial charge in [-0.05, 0) is 51.8 Å². The van der Waals surface area contributed by atoms with Gasteiger partial charge < -0.3 is 5.32 Å². The molecule has 1 heterocycles. The van der Waals surface area contributed by atoms with E-state index < -0.39 is 0 Å². The average molecular weight is 382 g/mol. The highest BCUT2D eigenvalue weighted by Crippen LogP contribution is 2.27. The molecule has 0 aliphatic rings. The fourth-order valence-corrected chi connectivity index (χ4v) is 2.91. The normalized spacial score (nSPS) is 10.8. The van der Waals surface area contributed by atoms with Gasteiger partial charge in [0.1, 0.15) is 0 Å². The van der Waals surface area contributed by atoms with E-state index in [-0.39, 0.29) is 0 Å². The zero-order chi connectivity index (χ0) is 14.8. The van der Waals surface area contributed by atoms with Crippen LogP contribution in [0.4, 0.5) is 5.69 Å². The monoisotopic (exact) mass is 380 g/mol. The highest BCUT2D eigenvalue weighted by Gasteiger charge is 2.05. The zero-order valence-electron chi connectivity index (χ0n) is 10.9. The van der Waals surface area contributed by atoms with E-state index in [1.807, 2.05) is 42.5 Å². The second-order valence-electron chi connectivity index (χ2n) is 4.63. The maximum atomic E-state index is 6.16. The van der Waals surface area contributed by atoms with Gasteiger partial charge in [0.25, 0.3) is 0 Å². The van der Waals surface area contributed by atoms with Crippen molar-refractivity contribution < 1.29 is 0 Å². The Morgan fingerprint density at radius 3 is 2.76 bits per heavy atom. The molecule has 0 unspecified atom stereocenters. The van der Waals surface area contributed by atoms with Gasteiger partial charge >= 0.3 is 0 Å². The SMILES string of the molecule is Clc1cc(NCc2ccc(Cl)c(Br)c2)c2ncccc2c1. The summed E-state index contributed by atoms with van der Waals surface area (Å²) in [4.78, 5) is 4.41. The van der Waals surface area contributed by atoms with Crippen molar-refractivity contribution in [3.05, 3.63) is 68.7 Å². The lowest BCUT2D eigenvalue weighted by atomic mass is 10.1. The standard InChI is InChI=1S/C16H11BrCl2N2/c17-13-6-10(3-4-14(13)19)9-21-15-8-12(18)7-11-2-1-5-20-16(11)15/h1-8,21H,9H2. The van der Waals surface area contributed by atoms with Crippen LogP contribution in [0.3, 0.4) is 0 Å². The molecule has 5 heteroatoms. The fraction of sp³-hybridized carbons (Fsp3) is 0.0625. The Morgan fingerprint density at radius 2 is 1.95 bits per heavy atom. The molecule has 1 aromatic heterocycles. The number of hydrogen-bond donors (Lipinski definition) is 1. The smallest absolute Gasteiger partial charge is 0.0934 e. The van der Waals surface area contributed by atoms with Crippen LogP contribution in [0, 0.1) is 0 Å². The van der Waals surface area contributed by atoms with Crippen LogP contribution in [0.1, 0.15) is 5.56 Å². The molecule has 0 aliphatic heterocycles. The number of benzene rings is 2. The maximum absolute atomic E-state index is 6.16. The molecule has 3 aromatic rings. The molecule has 21 heavy (non-hydrogen) atoms. The molecule has 0 saturated heterocycles. The van der Waals surface area contributed by atoms with E-state index in [1.54, 1.807) is 6.20 Å². The minimum absolute atomic E-state index is 0.668. The number of fused-ring (bicyclic) bond motifs is 1. The van der Waals surface area contributed by atoms with Gasteiger partial charge in [0.05, 0.1) is 16.2 Å². The minimum Gasteiger partial charge on any atom is -0.379 e. The molecule has 0 spiro atoms. The molecule has 1 N–H and O–H groups in total. The van der Waals surface area contributed by atoms with Crippen molar-refractivity contribution in [1.29, 1.82) is 0 Å². The Bertz CT molecular complexity index is 805. The van der Waals surface area contributed by atoms with Crippen molar-refractivity contribution in [3.63, 3.8) is 0 Å². The zero-order valence-corrected chi connectivity index (χ0v) is 14.0. The van der Waals surface area contributed by atoms with Gasteiger partial charge in [-0.25, -0.2) is 0 Å². The Hall–Kier alpha value is -1.29. The number of nitrogens with one attached hydrogen (secondary N) is 1. The Morgan fingerprint density at radius 1 is 1.10 bits per heavy atom. The van der Waals surface area contributed by atoms with E-state index in [4.69, 9.17) is 23.2 Å². The number of hydrogen-bond acceptors (Lipinski definition) is 2. The largest absolute Gasteiger partial charge is 0.379 e. The topological polar surface area (TPSA) is 24.9 Å². The number of aromatic nitrogens is 1. The van der Waals surface area contributed by atoms with Gasteiger partial charge in [-0.15, -0.1) is 0 Å². The molecule has 2 aromatic carbocycles. The van der Waals surface area contributed by atoms with Gasteiger partial charge in [-0.3, -0.25) is 4.98 Å². The highest BCUT2D eigenvalue weighted by molar-refractivity contribution is 9.10. The van der Waals surface area contributed by atoms with Gasteiger partial charge in [-0.2, -0.15) is 0 Å². The molecule has 0 atom stereocenters. The minimum atomic E-state index is 0.668. The van der Waals surface area contributed by atoms with Crippen LogP contribution in [0.15, 0.2) is 53.1 Å². The summed E-state index contributed by atoms with van der Waals surface area (Å²) < 4.78 is 0.887. The van der Waals surface area contributed by atoms with Gasteiger partial charge in [0.2, 0.25) is 0 Å². The summed E-state index contributed by atoms with van der Waals surface area (Å²) in [6.45, 7) is 0.668. The molecular weight excluding hydrogens is 371 g/mol. The molecule has 106 valence electrons. The molecule has 0 fully saturated rings. The lowest BCUT2D eigenvalue weighted by Gasteiger charge is -2.10. The van der Waals surface area contributed by atoms with Crippen molar-refractivity contribution >= 4 is 55.7 Å². The summed E-state index contributed by atoms with van der Waals surface area (Å²) >= 11 is 15.6. The first kappa shape index (κ1) is 14.6. The second kappa shape index (κ2) is 6.22. The third-order valence-corrected chi connectivity index (χ3v) is 4.57. The Kier molecular flexibility index (Phi) is 4.34. The molecule has 3 rings (SSSR count). The number of nitrogens with zero attached hydrogens (tertiary/aromatic N) is 1. The second-order valence-corrected chi connectivity index (χ2v) is 6.33. The quantitative estimate of drug-likeness (QED) is 0.609. The van der Waals surface area contributed by atoms with E-state index in [2.05, 4.69) is 26.2 Å². The first-order chi connectivity index (χ1) is 10.1. The Balaban J connectivity index is 1.89. The number of anilines is 1. The van der Waals surface area contributed by atoms with Crippen molar-refractivity contribution in [1.82, 2.24) is 4.98 Å². The Labute approximate surface area is 141 Å². The average Bonchev–Trinajstić information content (AvgIpc) is 2.48. The van der Waals surface area contributed by atoms with E-state index in [0.29, 0.717) is 16.6 Å². The van der Waals surface area contributed by atoms with Crippen molar-refractivity contribution in [2.75, 3.05) is 5.32 Å². The highest BCUT2D eigenvalue weighted by atomic mass is 79.9. The predicted octanol–water partition coefficient (Wildman–Crippen LogP) is 5.92. The first-order valence-electron chi connectivity index (χ1n) is 6.35. The van der Waals surface area contributed by atoms with Gasteiger partial charge in [0, 0.05) is 27.6 Å². The fourth-order valence-electron chi connectivity index (χ4n) is 2.14. The summed E-state index contributed by atoms with van der Waals surface area (Å²) in [7, 11) is 0. The molecular formula is C16H11BrCl2N2. The number of halogens is 3. The van der Waals surface area contributed by atoms with Crippen LogP contribution < -0.4 is 5.32 Å². The van der Waals surface area contributed by atoms with E-state index in [1.165, 1.54) is 0 Å². The van der Waals surface area contributed by atoms with Crippen LogP contribution in [-0.2, 0) is 6.54 Å². The third kappa shape index (κ3) is 3.31.